The van der Waals surface area contributed by atoms with E-state index in [1.54, 1.807) is 23.2 Å². The normalized spacial score (nSPS) is 25.3. The van der Waals surface area contributed by atoms with Crippen LogP contribution < -0.4 is 11.1 Å². The van der Waals surface area contributed by atoms with Crippen molar-refractivity contribution in [1.29, 1.82) is 0 Å². The average Bonchev–Trinajstić information content (AvgIpc) is 3.10. The molecule has 8 nitrogen and oxygen atoms in total. The highest BCUT2D eigenvalue weighted by Crippen LogP contribution is 2.45. The molecule has 1 fully saturated rings. The van der Waals surface area contributed by atoms with E-state index in [1.807, 2.05) is 32.6 Å². The van der Waals surface area contributed by atoms with Crippen molar-refractivity contribution in [2.24, 2.45) is 16.6 Å². The van der Waals surface area contributed by atoms with Crippen LogP contribution in [-0.2, 0) is 9.53 Å². The van der Waals surface area contributed by atoms with Gasteiger partial charge in [-0.3, -0.25) is 4.79 Å². The molecule has 3 aliphatic rings. The van der Waals surface area contributed by atoms with Crippen LogP contribution in [0.25, 0.3) is 0 Å². The largest absolute Gasteiger partial charge is 0.444 e. The molecule has 0 radical (unpaired) electrons. The van der Waals surface area contributed by atoms with E-state index in [1.165, 1.54) is 6.07 Å². The van der Waals surface area contributed by atoms with Crippen LogP contribution in [0.5, 0.6) is 0 Å². The van der Waals surface area contributed by atoms with Gasteiger partial charge in [0.2, 0.25) is 5.66 Å². The van der Waals surface area contributed by atoms with E-state index in [-0.39, 0.29) is 28.6 Å². The van der Waals surface area contributed by atoms with E-state index in [9.17, 15) is 14.0 Å². The molecule has 10 heteroatoms. The summed E-state index contributed by atoms with van der Waals surface area (Å²) in [5, 5.41) is 3.48. The molecule has 1 aromatic rings. The SMILES string of the molecule is CC1CNC=C2C(c3ccc(Cl)cc3F)=NC(C(N)=O)(C3CCN(C(=O)OC(C)(C)C)CC3)N21. The fourth-order valence-electron chi connectivity index (χ4n) is 5.04. The average molecular weight is 492 g/mol. The summed E-state index contributed by atoms with van der Waals surface area (Å²) < 4.78 is 20.4. The van der Waals surface area contributed by atoms with Crippen molar-refractivity contribution in [3.8, 4) is 0 Å². The van der Waals surface area contributed by atoms with Crippen LogP contribution in [0.2, 0.25) is 5.02 Å². The highest BCUT2D eigenvalue weighted by atomic mass is 35.5. The molecule has 0 saturated carbocycles. The number of fused-ring (bicyclic) bond motifs is 1. The van der Waals surface area contributed by atoms with Gasteiger partial charge in [0, 0.05) is 48.4 Å². The first-order chi connectivity index (χ1) is 15.9. The Kier molecular flexibility index (Phi) is 6.27. The van der Waals surface area contributed by atoms with Crippen molar-refractivity contribution in [2.45, 2.75) is 57.8 Å². The Morgan fingerprint density at radius 3 is 2.56 bits per heavy atom. The van der Waals surface area contributed by atoms with Gasteiger partial charge in [-0.25, -0.2) is 14.2 Å². The summed E-state index contributed by atoms with van der Waals surface area (Å²) in [6.07, 6.45) is 2.39. The minimum atomic E-state index is -1.38. The van der Waals surface area contributed by atoms with Crippen LogP contribution in [0.1, 0.15) is 46.1 Å². The van der Waals surface area contributed by atoms with Crippen molar-refractivity contribution < 1.29 is 18.7 Å². The van der Waals surface area contributed by atoms with Crippen molar-refractivity contribution in [3.05, 3.63) is 46.5 Å². The van der Waals surface area contributed by atoms with Crippen LogP contribution >= 0.6 is 11.6 Å². The fourth-order valence-corrected chi connectivity index (χ4v) is 5.20. The lowest BCUT2D eigenvalue weighted by Gasteiger charge is -2.48. The van der Waals surface area contributed by atoms with Crippen LogP contribution in [0.4, 0.5) is 9.18 Å². The number of nitrogens with zero attached hydrogens (tertiary/aromatic N) is 3. The minimum Gasteiger partial charge on any atom is -0.444 e. The van der Waals surface area contributed by atoms with Crippen LogP contribution in [0.3, 0.4) is 0 Å². The number of allylic oxidation sites excluding steroid dienone is 1. The molecule has 0 spiro atoms. The molecule has 1 aromatic carbocycles. The number of piperidine rings is 1. The Bertz CT molecular complexity index is 1060. The molecule has 0 aliphatic carbocycles. The van der Waals surface area contributed by atoms with Gasteiger partial charge in [0.05, 0.1) is 11.4 Å². The highest BCUT2D eigenvalue weighted by Gasteiger charge is 2.57. The lowest BCUT2D eigenvalue weighted by atomic mass is 9.82. The van der Waals surface area contributed by atoms with E-state index < -0.39 is 23.0 Å². The molecule has 0 bridgehead atoms. The zero-order valence-electron chi connectivity index (χ0n) is 19.9. The van der Waals surface area contributed by atoms with Crippen LogP contribution in [0, 0.1) is 11.7 Å². The number of halogens is 2. The van der Waals surface area contributed by atoms with Gasteiger partial charge in [-0.2, -0.15) is 0 Å². The molecular formula is C24H31ClFN5O3. The number of nitrogens with one attached hydrogen (secondary N) is 1. The van der Waals surface area contributed by atoms with Gasteiger partial charge in [0.25, 0.3) is 5.91 Å². The van der Waals surface area contributed by atoms with Gasteiger partial charge in [-0.05, 0) is 58.7 Å². The number of benzene rings is 1. The summed E-state index contributed by atoms with van der Waals surface area (Å²) >= 11 is 5.96. The second kappa shape index (κ2) is 8.76. The van der Waals surface area contributed by atoms with Crippen LogP contribution in [0.15, 0.2) is 35.1 Å². The molecule has 184 valence electrons. The minimum absolute atomic E-state index is 0.118. The molecule has 0 aromatic heterocycles. The molecule has 1 saturated heterocycles. The number of carbonyl (C=O) groups excluding carboxylic acids is 2. The number of nitrogens with two attached hydrogens (primary N) is 1. The standard InChI is InChI=1S/C24H31ClFN5O3/c1-14-12-28-13-19-20(17-6-5-16(25)11-18(17)26)29-24(21(27)32,31(14)19)15-7-9-30(10-8-15)22(33)34-23(2,3)4/h5-6,11,13-15,28H,7-10,12H2,1-4H3,(H2,27,32). The third-order valence-electron chi connectivity index (χ3n) is 6.51. The lowest BCUT2D eigenvalue weighted by Crippen LogP contribution is -2.64. The second-order valence-electron chi connectivity index (χ2n) is 10.1. The number of hydrogen-bond donors (Lipinski definition) is 2. The van der Waals surface area contributed by atoms with E-state index in [4.69, 9.17) is 27.1 Å². The maximum Gasteiger partial charge on any atom is 0.410 e. The predicted octanol–water partition coefficient (Wildman–Crippen LogP) is 3.25. The number of ether oxygens (including phenoxy) is 1. The molecule has 34 heavy (non-hydrogen) atoms. The molecular weight excluding hydrogens is 461 g/mol. The molecule has 4 rings (SSSR count). The Labute approximate surface area is 204 Å². The number of aliphatic imine (C=N–C) groups is 1. The van der Waals surface area contributed by atoms with E-state index in [2.05, 4.69) is 5.32 Å². The number of rotatable bonds is 3. The molecule has 3 heterocycles. The smallest absolute Gasteiger partial charge is 0.410 e. The van der Waals surface area contributed by atoms with Gasteiger partial charge in [-0.15, -0.1) is 0 Å². The lowest BCUT2D eigenvalue weighted by molar-refractivity contribution is -0.134. The van der Waals surface area contributed by atoms with Gasteiger partial charge < -0.3 is 25.6 Å². The summed E-state index contributed by atoms with van der Waals surface area (Å²) in [7, 11) is 0. The van der Waals surface area contributed by atoms with Crippen molar-refractivity contribution in [2.75, 3.05) is 19.6 Å². The Hall–Kier alpha value is -2.81. The predicted molar refractivity (Wildman–Crippen MR) is 128 cm³/mol. The topological polar surface area (TPSA) is 100 Å². The fraction of sp³-hybridized carbons (Fsp3) is 0.542. The van der Waals surface area contributed by atoms with E-state index in [0.717, 1.165) is 0 Å². The first kappa shape index (κ1) is 24.3. The third-order valence-corrected chi connectivity index (χ3v) is 6.74. The Morgan fingerprint density at radius 1 is 1.29 bits per heavy atom. The molecule has 2 amide bonds. The highest BCUT2D eigenvalue weighted by molar-refractivity contribution is 6.30. The summed E-state index contributed by atoms with van der Waals surface area (Å²) in [6.45, 7) is 8.85. The number of primary amides is 1. The zero-order valence-corrected chi connectivity index (χ0v) is 20.7. The summed E-state index contributed by atoms with van der Waals surface area (Å²) in [4.78, 5) is 34.1. The maximum atomic E-state index is 14.9. The van der Waals surface area contributed by atoms with Crippen molar-refractivity contribution in [1.82, 2.24) is 15.1 Å². The van der Waals surface area contributed by atoms with Gasteiger partial charge in [-0.1, -0.05) is 11.6 Å². The second-order valence-corrected chi connectivity index (χ2v) is 10.5. The molecule has 3 N–H and O–H groups in total. The van der Waals surface area contributed by atoms with Crippen molar-refractivity contribution >= 4 is 29.3 Å². The quantitative estimate of drug-likeness (QED) is 0.676. The van der Waals surface area contributed by atoms with Gasteiger partial charge >= 0.3 is 6.09 Å². The summed E-state index contributed by atoms with van der Waals surface area (Å²) in [6, 6.07) is 4.27. The number of hydrogen-bond acceptors (Lipinski definition) is 6. The maximum absolute atomic E-state index is 14.9. The zero-order chi connectivity index (χ0) is 24.8. The van der Waals surface area contributed by atoms with Gasteiger partial charge in [0.1, 0.15) is 11.4 Å². The van der Waals surface area contributed by atoms with E-state index >= 15 is 0 Å². The number of amides is 2. The monoisotopic (exact) mass is 491 g/mol. The molecule has 2 atom stereocenters. The first-order valence-corrected chi connectivity index (χ1v) is 11.9. The molecule has 2 unspecified atom stereocenters. The molecule has 3 aliphatic heterocycles. The Morgan fingerprint density at radius 2 is 1.97 bits per heavy atom. The number of carbonyl (C=O) groups is 2. The first-order valence-electron chi connectivity index (χ1n) is 11.5. The van der Waals surface area contributed by atoms with Gasteiger partial charge in [0.15, 0.2) is 0 Å². The Balaban J connectivity index is 1.70. The third kappa shape index (κ3) is 4.21. The summed E-state index contributed by atoms with van der Waals surface area (Å²) in [5.41, 5.74) is 5.32. The van der Waals surface area contributed by atoms with E-state index in [0.29, 0.717) is 43.9 Å². The van der Waals surface area contributed by atoms with Crippen molar-refractivity contribution in [3.63, 3.8) is 0 Å². The summed E-state index contributed by atoms with van der Waals surface area (Å²) in [5.74, 6) is -1.38. The van der Waals surface area contributed by atoms with Crippen LogP contribution in [-0.4, -0.2) is 64.5 Å². The number of likely N-dealkylation sites (tertiary alicyclic amines) is 1.